The Hall–Kier alpha value is -3.40. The van der Waals surface area contributed by atoms with E-state index in [-0.39, 0.29) is 5.75 Å². The van der Waals surface area contributed by atoms with Crippen molar-refractivity contribution in [1.82, 2.24) is 0 Å². The minimum Gasteiger partial charge on any atom is -0.508 e. The van der Waals surface area contributed by atoms with Crippen molar-refractivity contribution in [3.05, 3.63) is 83.9 Å². The summed E-state index contributed by atoms with van der Waals surface area (Å²) in [4.78, 5) is 22.7. The number of aromatic hydroxyl groups is 1. The minimum absolute atomic E-state index is 0.213. The van der Waals surface area contributed by atoms with E-state index < -0.39 is 5.97 Å². The van der Waals surface area contributed by atoms with Gasteiger partial charge in [0.05, 0.1) is 5.56 Å². The average molecular weight is 318 g/mol. The van der Waals surface area contributed by atoms with Gasteiger partial charge < -0.3 is 9.84 Å². The van der Waals surface area contributed by atoms with E-state index in [1.807, 2.05) is 24.3 Å². The molecule has 0 fully saturated rings. The standard InChI is InChI=1S/C20H14O4/c21-13-14-1-3-17(4-2-14)20(23)24-19-11-7-16(8-12-19)15-5-9-18(22)10-6-15/h1-13,22H. The Morgan fingerprint density at radius 3 is 1.88 bits per heavy atom. The average Bonchev–Trinajstić information content (AvgIpc) is 2.63. The van der Waals surface area contributed by atoms with E-state index in [1.54, 1.807) is 48.5 Å². The third kappa shape index (κ3) is 3.50. The Morgan fingerprint density at radius 1 is 0.792 bits per heavy atom. The topological polar surface area (TPSA) is 63.6 Å². The second-order valence-corrected chi connectivity index (χ2v) is 5.20. The van der Waals surface area contributed by atoms with E-state index in [9.17, 15) is 14.7 Å². The number of carbonyl (C=O) groups is 2. The number of benzene rings is 3. The molecule has 0 bridgehead atoms. The maximum absolute atomic E-state index is 12.1. The van der Waals surface area contributed by atoms with Crippen LogP contribution in [0.4, 0.5) is 0 Å². The highest BCUT2D eigenvalue weighted by molar-refractivity contribution is 5.92. The van der Waals surface area contributed by atoms with Crippen LogP contribution in [0.5, 0.6) is 11.5 Å². The molecule has 4 heteroatoms. The summed E-state index contributed by atoms with van der Waals surface area (Å²) >= 11 is 0. The summed E-state index contributed by atoms with van der Waals surface area (Å²) in [6.45, 7) is 0. The SMILES string of the molecule is O=Cc1ccc(C(=O)Oc2ccc(-c3ccc(O)cc3)cc2)cc1. The monoisotopic (exact) mass is 318 g/mol. The molecule has 0 atom stereocenters. The summed E-state index contributed by atoms with van der Waals surface area (Å²) in [6.07, 6.45) is 0.719. The van der Waals surface area contributed by atoms with Gasteiger partial charge in [0.1, 0.15) is 17.8 Å². The molecule has 0 heterocycles. The molecule has 3 aromatic carbocycles. The number of carbonyl (C=O) groups excluding carboxylic acids is 2. The maximum atomic E-state index is 12.1. The molecule has 1 N–H and O–H groups in total. The van der Waals surface area contributed by atoms with Crippen molar-refractivity contribution < 1.29 is 19.4 Å². The largest absolute Gasteiger partial charge is 0.508 e. The number of esters is 1. The number of rotatable bonds is 4. The Labute approximate surface area is 139 Å². The molecule has 0 unspecified atom stereocenters. The van der Waals surface area contributed by atoms with Crippen LogP contribution in [0.2, 0.25) is 0 Å². The van der Waals surface area contributed by atoms with Gasteiger partial charge in [-0.15, -0.1) is 0 Å². The third-order valence-electron chi connectivity index (χ3n) is 3.55. The van der Waals surface area contributed by atoms with Gasteiger partial charge in [0.2, 0.25) is 0 Å². The zero-order chi connectivity index (χ0) is 16.9. The molecule has 4 nitrogen and oxygen atoms in total. The molecule has 0 amide bonds. The van der Waals surface area contributed by atoms with Gasteiger partial charge in [-0.1, -0.05) is 36.4 Å². The summed E-state index contributed by atoms with van der Waals surface area (Å²) in [7, 11) is 0. The third-order valence-corrected chi connectivity index (χ3v) is 3.55. The zero-order valence-corrected chi connectivity index (χ0v) is 12.7. The van der Waals surface area contributed by atoms with Crippen LogP contribution in [0, 0.1) is 0 Å². The predicted molar refractivity (Wildman–Crippen MR) is 90.3 cm³/mol. The van der Waals surface area contributed by atoms with E-state index in [0.717, 1.165) is 17.4 Å². The molecule has 0 spiro atoms. The molecule has 24 heavy (non-hydrogen) atoms. The van der Waals surface area contributed by atoms with Gasteiger partial charge in [-0.3, -0.25) is 4.79 Å². The van der Waals surface area contributed by atoms with Crippen LogP contribution in [0.25, 0.3) is 11.1 Å². The molecule has 0 aliphatic carbocycles. The lowest BCUT2D eigenvalue weighted by Gasteiger charge is -2.06. The highest BCUT2D eigenvalue weighted by Crippen LogP contribution is 2.24. The first-order chi connectivity index (χ1) is 11.7. The molecule has 0 radical (unpaired) electrons. The highest BCUT2D eigenvalue weighted by Gasteiger charge is 2.08. The number of aldehydes is 1. The Kier molecular flexibility index (Phi) is 4.38. The normalized spacial score (nSPS) is 10.2. The van der Waals surface area contributed by atoms with Crippen molar-refractivity contribution in [2.24, 2.45) is 0 Å². The number of phenols is 1. The second-order valence-electron chi connectivity index (χ2n) is 5.20. The molecule has 0 aliphatic rings. The quantitative estimate of drug-likeness (QED) is 0.447. The number of ether oxygens (including phenoxy) is 1. The van der Waals surface area contributed by atoms with E-state index in [1.165, 1.54) is 0 Å². The predicted octanol–water partition coefficient (Wildman–Crippen LogP) is 4.09. The van der Waals surface area contributed by atoms with Crippen molar-refractivity contribution >= 4 is 12.3 Å². The van der Waals surface area contributed by atoms with Crippen LogP contribution >= 0.6 is 0 Å². The van der Waals surface area contributed by atoms with Gasteiger partial charge >= 0.3 is 5.97 Å². The minimum atomic E-state index is -0.482. The fourth-order valence-corrected chi connectivity index (χ4v) is 2.23. The lowest BCUT2D eigenvalue weighted by Crippen LogP contribution is -2.08. The van der Waals surface area contributed by atoms with Crippen LogP contribution in [-0.4, -0.2) is 17.4 Å². The second kappa shape index (κ2) is 6.79. The van der Waals surface area contributed by atoms with Crippen LogP contribution in [0.15, 0.2) is 72.8 Å². The van der Waals surface area contributed by atoms with E-state index in [2.05, 4.69) is 0 Å². The van der Waals surface area contributed by atoms with Crippen molar-refractivity contribution in [3.8, 4) is 22.6 Å². The molecule has 3 rings (SSSR count). The van der Waals surface area contributed by atoms with E-state index >= 15 is 0 Å². The highest BCUT2D eigenvalue weighted by atomic mass is 16.5. The number of hydrogen-bond acceptors (Lipinski definition) is 4. The summed E-state index contributed by atoms with van der Waals surface area (Å²) in [5, 5.41) is 9.31. The van der Waals surface area contributed by atoms with Crippen LogP contribution in [0.3, 0.4) is 0 Å². The Balaban J connectivity index is 1.72. The maximum Gasteiger partial charge on any atom is 0.343 e. The fourth-order valence-electron chi connectivity index (χ4n) is 2.23. The first kappa shape index (κ1) is 15.5. The molecule has 118 valence electrons. The number of phenolic OH excluding ortho intramolecular Hbond substituents is 1. The molecule has 0 saturated carbocycles. The van der Waals surface area contributed by atoms with Crippen molar-refractivity contribution in [1.29, 1.82) is 0 Å². The van der Waals surface area contributed by atoms with Crippen LogP contribution < -0.4 is 4.74 Å². The van der Waals surface area contributed by atoms with Gasteiger partial charge in [0, 0.05) is 5.56 Å². The van der Waals surface area contributed by atoms with Crippen molar-refractivity contribution in [2.75, 3.05) is 0 Å². The van der Waals surface area contributed by atoms with Crippen LogP contribution in [-0.2, 0) is 0 Å². The summed E-state index contributed by atoms with van der Waals surface area (Å²) in [6, 6.07) is 20.2. The molecular formula is C20H14O4. The molecular weight excluding hydrogens is 304 g/mol. The fraction of sp³-hybridized carbons (Fsp3) is 0. The van der Waals surface area contributed by atoms with Crippen molar-refractivity contribution in [3.63, 3.8) is 0 Å². The molecule has 3 aromatic rings. The zero-order valence-electron chi connectivity index (χ0n) is 12.7. The molecule has 0 aromatic heterocycles. The molecule has 0 saturated heterocycles. The Bertz CT molecular complexity index is 848. The van der Waals surface area contributed by atoms with Crippen molar-refractivity contribution in [2.45, 2.75) is 0 Å². The lowest BCUT2D eigenvalue weighted by atomic mass is 10.1. The summed E-state index contributed by atoms with van der Waals surface area (Å²) in [5.74, 6) is 0.164. The lowest BCUT2D eigenvalue weighted by molar-refractivity contribution is 0.0734. The number of hydrogen-bond donors (Lipinski definition) is 1. The van der Waals surface area contributed by atoms with E-state index in [0.29, 0.717) is 16.9 Å². The first-order valence-corrected chi connectivity index (χ1v) is 7.32. The van der Waals surface area contributed by atoms with Gasteiger partial charge in [-0.25, -0.2) is 4.79 Å². The van der Waals surface area contributed by atoms with Crippen LogP contribution in [0.1, 0.15) is 20.7 Å². The summed E-state index contributed by atoms with van der Waals surface area (Å²) in [5.41, 5.74) is 2.79. The molecule has 0 aliphatic heterocycles. The van der Waals surface area contributed by atoms with Gasteiger partial charge in [-0.05, 0) is 47.5 Å². The van der Waals surface area contributed by atoms with Gasteiger partial charge in [0.25, 0.3) is 0 Å². The van der Waals surface area contributed by atoms with E-state index in [4.69, 9.17) is 4.74 Å². The Morgan fingerprint density at radius 2 is 1.33 bits per heavy atom. The van der Waals surface area contributed by atoms with Gasteiger partial charge in [-0.2, -0.15) is 0 Å². The first-order valence-electron chi connectivity index (χ1n) is 7.32. The smallest absolute Gasteiger partial charge is 0.343 e. The summed E-state index contributed by atoms with van der Waals surface area (Å²) < 4.78 is 5.32. The van der Waals surface area contributed by atoms with Gasteiger partial charge in [0.15, 0.2) is 0 Å².